The van der Waals surface area contributed by atoms with Gasteiger partial charge in [0.2, 0.25) is 0 Å². The highest BCUT2D eigenvalue weighted by molar-refractivity contribution is 6.26. The summed E-state index contributed by atoms with van der Waals surface area (Å²) in [6.45, 7) is 1.96. The van der Waals surface area contributed by atoms with Gasteiger partial charge in [0, 0.05) is 5.92 Å². The summed E-state index contributed by atoms with van der Waals surface area (Å²) in [5.41, 5.74) is 0.0101. The van der Waals surface area contributed by atoms with Gasteiger partial charge >= 0.3 is 0 Å². The Hall–Kier alpha value is -1.32. The molecule has 1 aliphatic carbocycles. The number of rotatable bonds is 3. The molecule has 4 heteroatoms. The van der Waals surface area contributed by atoms with Crippen LogP contribution >= 0.6 is 0 Å². The molecule has 1 unspecified atom stereocenters. The second-order valence-corrected chi connectivity index (χ2v) is 4.21. The quantitative estimate of drug-likeness (QED) is 0.415. The van der Waals surface area contributed by atoms with Crippen LogP contribution in [-0.4, -0.2) is 22.8 Å². The average molecular weight is 209 g/mol. The van der Waals surface area contributed by atoms with Crippen molar-refractivity contribution in [2.24, 2.45) is 5.92 Å². The second kappa shape index (κ2) is 3.68. The third-order valence-corrected chi connectivity index (χ3v) is 2.89. The summed E-state index contributed by atoms with van der Waals surface area (Å²) in [5.74, 6) is -0.569. The Kier molecular flexibility index (Phi) is 2.50. The van der Waals surface area contributed by atoms with Gasteiger partial charge in [-0.2, -0.15) is 0 Å². The molecule has 1 atom stereocenters. The summed E-state index contributed by atoms with van der Waals surface area (Å²) in [4.78, 5) is 23.3. The maximum Gasteiger partial charge on any atom is 0.259 e. The van der Waals surface area contributed by atoms with Crippen LogP contribution in [-0.2, 0) is 9.59 Å². The Morgan fingerprint density at radius 2 is 2.13 bits per heavy atom. The summed E-state index contributed by atoms with van der Waals surface area (Å²) >= 11 is 0. The van der Waals surface area contributed by atoms with Gasteiger partial charge in [0.25, 0.3) is 5.91 Å². The number of amides is 1. The first-order valence-corrected chi connectivity index (χ1v) is 5.43. The second-order valence-electron chi connectivity index (χ2n) is 4.21. The summed E-state index contributed by atoms with van der Waals surface area (Å²) in [6, 6.07) is -0.418. The van der Waals surface area contributed by atoms with E-state index in [1.54, 1.807) is 0 Å². The zero-order chi connectivity index (χ0) is 11.0. The molecule has 1 aliphatic heterocycles. The van der Waals surface area contributed by atoms with Gasteiger partial charge in [-0.05, 0) is 19.3 Å². The predicted octanol–water partition coefficient (Wildman–Crippen LogP) is 1.08. The van der Waals surface area contributed by atoms with E-state index in [4.69, 9.17) is 0 Å². The van der Waals surface area contributed by atoms with Crippen molar-refractivity contribution in [1.82, 2.24) is 5.32 Å². The first-order valence-electron chi connectivity index (χ1n) is 5.43. The monoisotopic (exact) mass is 209 g/mol. The molecule has 2 aliphatic rings. The lowest BCUT2D eigenvalue weighted by Gasteiger charge is -2.04. The number of nitrogens with one attached hydrogen (secondary N) is 1. The topological polar surface area (TPSA) is 66.4 Å². The van der Waals surface area contributed by atoms with Crippen LogP contribution in [0.1, 0.15) is 32.6 Å². The van der Waals surface area contributed by atoms with Crippen LogP contribution in [0, 0.1) is 5.92 Å². The van der Waals surface area contributed by atoms with E-state index in [9.17, 15) is 14.7 Å². The van der Waals surface area contributed by atoms with Crippen LogP contribution in [0.5, 0.6) is 0 Å². The van der Waals surface area contributed by atoms with E-state index < -0.39 is 11.9 Å². The number of aliphatic hydroxyl groups is 1. The normalized spacial score (nSPS) is 29.3. The fourth-order valence-electron chi connectivity index (χ4n) is 1.88. The molecule has 2 N–H and O–H groups in total. The average Bonchev–Trinajstić information content (AvgIpc) is 2.96. The smallest absolute Gasteiger partial charge is 0.259 e. The number of allylic oxidation sites excluding steroid dienone is 1. The SMILES string of the molecule is CCCC1NC(=O)/C(=C(/O)C2CC2)C1=O. The van der Waals surface area contributed by atoms with Crippen LogP contribution < -0.4 is 5.32 Å². The van der Waals surface area contributed by atoms with Gasteiger partial charge < -0.3 is 10.4 Å². The van der Waals surface area contributed by atoms with Crippen LogP contribution in [0.25, 0.3) is 0 Å². The fourth-order valence-corrected chi connectivity index (χ4v) is 1.88. The van der Waals surface area contributed by atoms with Crippen molar-refractivity contribution >= 4 is 11.7 Å². The zero-order valence-electron chi connectivity index (χ0n) is 8.75. The Bertz CT molecular complexity index is 342. The van der Waals surface area contributed by atoms with Gasteiger partial charge in [0.1, 0.15) is 11.3 Å². The third-order valence-electron chi connectivity index (χ3n) is 2.89. The zero-order valence-corrected chi connectivity index (χ0v) is 8.75. The molecule has 0 radical (unpaired) electrons. The Morgan fingerprint density at radius 1 is 1.47 bits per heavy atom. The minimum absolute atomic E-state index is 0.0101. The number of hydrogen-bond donors (Lipinski definition) is 2. The lowest BCUT2D eigenvalue weighted by molar-refractivity contribution is -0.117. The number of hydrogen-bond acceptors (Lipinski definition) is 3. The molecule has 0 aromatic heterocycles. The lowest BCUT2D eigenvalue weighted by Crippen LogP contribution is -2.28. The molecular formula is C11H15NO3. The molecule has 0 bridgehead atoms. The number of carbonyl (C=O) groups excluding carboxylic acids is 2. The van der Waals surface area contributed by atoms with Gasteiger partial charge in [-0.3, -0.25) is 9.59 Å². The highest BCUT2D eigenvalue weighted by atomic mass is 16.3. The van der Waals surface area contributed by atoms with Crippen LogP contribution in [0.15, 0.2) is 11.3 Å². The van der Waals surface area contributed by atoms with Crippen LogP contribution in [0.3, 0.4) is 0 Å². The van der Waals surface area contributed by atoms with E-state index in [0.717, 1.165) is 19.3 Å². The molecule has 1 saturated heterocycles. The first kappa shape index (κ1) is 10.2. The predicted molar refractivity (Wildman–Crippen MR) is 54.2 cm³/mol. The highest BCUT2D eigenvalue weighted by Gasteiger charge is 2.41. The fraction of sp³-hybridized carbons (Fsp3) is 0.636. The van der Waals surface area contributed by atoms with E-state index in [-0.39, 0.29) is 23.0 Å². The summed E-state index contributed by atoms with van der Waals surface area (Å²) in [6.07, 6.45) is 3.25. The van der Waals surface area contributed by atoms with Gasteiger partial charge in [0.05, 0.1) is 6.04 Å². The van der Waals surface area contributed by atoms with E-state index in [1.165, 1.54) is 0 Å². The molecule has 1 saturated carbocycles. The minimum atomic E-state index is -0.418. The van der Waals surface area contributed by atoms with E-state index in [0.29, 0.717) is 6.42 Å². The van der Waals surface area contributed by atoms with Crippen molar-refractivity contribution < 1.29 is 14.7 Å². The highest BCUT2D eigenvalue weighted by Crippen LogP contribution is 2.37. The Morgan fingerprint density at radius 3 is 2.67 bits per heavy atom. The summed E-state index contributed by atoms with van der Waals surface area (Å²) in [7, 11) is 0. The lowest BCUT2D eigenvalue weighted by atomic mass is 10.0. The van der Waals surface area contributed by atoms with Gasteiger partial charge in [-0.25, -0.2) is 0 Å². The van der Waals surface area contributed by atoms with Gasteiger partial charge in [-0.1, -0.05) is 13.3 Å². The molecule has 0 aromatic carbocycles. The molecule has 2 fully saturated rings. The summed E-state index contributed by atoms with van der Waals surface area (Å²) < 4.78 is 0. The van der Waals surface area contributed by atoms with Gasteiger partial charge in [-0.15, -0.1) is 0 Å². The van der Waals surface area contributed by atoms with E-state index in [1.807, 2.05) is 6.92 Å². The van der Waals surface area contributed by atoms with Crippen LogP contribution in [0.4, 0.5) is 0 Å². The number of ketones is 1. The first-order chi connectivity index (χ1) is 7.15. The standard InChI is InChI=1S/C11H15NO3/c1-2-3-7-10(14)8(11(15)12-7)9(13)6-4-5-6/h6-7,13H,2-5H2,1H3,(H,12,15)/b9-8+. The maximum absolute atomic E-state index is 11.8. The molecule has 4 nitrogen and oxygen atoms in total. The molecule has 0 spiro atoms. The van der Waals surface area contributed by atoms with Crippen molar-refractivity contribution in [1.29, 1.82) is 0 Å². The number of aliphatic hydroxyl groups excluding tert-OH is 1. The Labute approximate surface area is 88.4 Å². The van der Waals surface area contributed by atoms with Crippen molar-refractivity contribution in [2.75, 3.05) is 0 Å². The van der Waals surface area contributed by atoms with E-state index in [2.05, 4.69) is 5.32 Å². The Balaban J connectivity index is 2.22. The van der Waals surface area contributed by atoms with E-state index >= 15 is 0 Å². The van der Waals surface area contributed by atoms with Crippen molar-refractivity contribution in [2.45, 2.75) is 38.6 Å². The molecule has 1 amide bonds. The molecule has 1 heterocycles. The molecule has 15 heavy (non-hydrogen) atoms. The van der Waals surface area contributed by atoms with Crippen molar-refractivity contribution in [3.05, 3.63) is 11.3 Å². The van der Waals surface area contributed by atoms with Gasteiger partial charge in [0.15, 0.2) is 5.78 Å². The maximum atomic E-state index is 11.8. The van der Waals surface area contributed by atoms with Crippen molar-refractivity contribution in [3.8, 4) is 0 Å². The number of carbonyl (C=O) groups is 2. The number of Topliss-reactive ketones (excluding diaryl/α,β-unsaturated/α-hetero) is 1. The molecule has 0 aromatic rings. The molecule has 82 valence electrons. The molecule has 2 rings (SSSR count). The largest absolute Gasteiger partial charge is 0.511 e. The summed E-state index contributed by atoms with van der Waals surface area (Å²) in [5, 5.41) is 12.3. The minimum Gasteiger partial charge on any atom is -0.511 e. The molecular weight excluding hydrogens is 194 g/mol. The van der Waals surface area contributed by atoms with Crippen LogP contribution in [0.2, 0.25) is 0 Å². The third kappa shape index (κ3) is 1.76. The van der Waals surface area contributed by atoms with Crippen molar-refractivity contribution in [3.63, 3.8) is 0 Å².